The molecule has 3 nitrogen and oxygen atoms in total. The molecule has 0 radical (unpaired) electrons. The molecule has 0 saturated carbocycles. The lowest BCUT2D eigenvalue weighted by atomic mass is 10.1. The van der Waals surface area contributed by atoms with Crippen LogP contribution in [0.3, 0.4) is 0 Å². The molecule has 0 saturated heterocycles. The van der Waals surface area contributed by atoms with E-state index in [9.17, 15) is 4.79 Å². The van der Waals surface area contributed by atoms with Crippen LogP contribution in [-0.2, 0) is 4.79 Å². The fourth-order valence-electron chi connectivity index (χ4n) is 0.725. The highest BCUT2D eigenvalue weighted by atomic mass is 16.1. The fourth-order valence-corrected chi connectivity index (χ4v) is 0.725. The maximum absolute atomic E-state index is 10.3. The van der Waals surface area contributed by atoms with Crippen LogP contribution < -0.4 is 0 Å². The summed E-state index contributed by atoms with van der Waals surface area (Å²) < 4.78 is 0. The van der Waals surface area contributed by atoms with Crippen LogP contribution in [0.4, 0.5) is 0 Å². The molecule has 1 aliphatic heterocycles. The van der Waals surface area contributed by atoms with E-state index in [1.54, 1.807) is 13.0 Å². The molecule has 9 heavy (non-hydrogen) atoms. The van der Waals surface area contributed by atoms with Crippen LogP contribution >= 0.6 is 0 Å². The Morgan fingerprint density at radius 3 is 2.67 bits per heavy atom. The number of nitrogens with zero attached hydrogens (tertiary/aromatic N) is 2. The Kier molecular flexibility index (Phi) is 1.20. The van der Waals surface area contributed by atoms with Gasteiger partial charge in [-0.3, -0.25) is 0 Å². The predicted octanol–water partition coefficient (Wildman–Crippen LogP) is 1.31. The fraction of sp³-hybridized carbons (Fsp3) is 0.500. The molecule has 3 heteroatoms. The van der Waals surface area contributed by atoms with E-state index in [0.717, 1.165) is 12.0 Å². The van der Waals surface area contributed by atoms with Crippen molar-refractivity contribution in [3.63, 3.8) is 0 Å². The first-order chi connectivity index (χ1) is 4.16. The Hall–Kier alpha value is -0.990. The number of hydrogen-bond donors (Lipinski definition) is 0. The lowest BCUT2D eigenvalue weighted by Crippen LogP contribution is -2.17. The molecule has 0 spiro atoms. The zero-order valence-corrected chi connectivity index (χ0v) is 5.46. The van der Waals surface area contributed by atoms with Gasteiger partial charge in [0, 0.05) is 0 Å². The van der Waals surface area contributed by atoms with Gasteiger partial charge in [0.15, 0.2) is 11.8 Å². The molecule has 0 amide bonds. The molecule has 1 rings (SSSR count). The largest absolute Gasteiger partial charge is 0.300 e. The van der Waals surface area contributed by atoms with E-state index in [2.05, 4.69) is 10.2 Å². The molecule has 0 fully saturated rings. The van der Waals surface area contributed by atoms with Crippen molar-refractivity contribution in [3.05, 3.63) is 11.8 Å². The quantitative estimate of drug-likeness (QED) is 0.486. The smallest absolute Gasteiger partial charge is 0.154 e. The Labute approximate surface area is 53.5 Å². The van der Waals surface area contributed by atoms with Gasteiger partial charge >= 0.3 is 0 Å². The number of azo groups is 1. The molecule has 0 aliphatic carbocycles. The average Bonchev–Trinajstić information content (AvgIpc) is 2.13. The van der Waals surface area contributed by atoms with Crippen LogP contribution in [0.2, 0.25) is 0 Å². The molecule has 0 aromatic heterocycles. The van der Waals surface area contributed by atoms with Crippen molar-refractivity contribution in [2.75, 3.05) is 0 Å². The maximum Gasteiger partial charge on any atom is 0.154 e. The lowest BCUT2D eigenvalue weighted by molar-refractivity contribution is -0.110. The van der Waals surface area contributed by atoms with Gasteiger partial charge in [-0.15, -0.1) is 0 Å². The third-order valence-electron chi connectivity index (χ3n) is 1.16. The SMILES string of the molecule is CC1=CC(C)(C=O)N=N1. The summed E-state index contributed by atoms with van der Waals surface area (Å²) in [5, 5.41) is 7.45. The topological polar surface area (TPSA) is 41.8 Å². The predicted molar refractivity (Wildman–Crippen MR) is 33.1 cm³/mol. The van der Waals surface area contributed by atoms with Crippen LogP contribution in [0.15, 0.2) is 22.0 Å². The van der Waals surface area contributed by atoms with Crippen LogP contribution in [-0.4, -0.2) is 11.8 Å². The van der Waals surface area contributed by atoms with Gasteiger partial charge in [-0.1, -0.05) is 0 Å². The first-order valence-corrected chi connectivity index (χ1v) is 2.75. The summed E-state index contributed by atoms with van der Waals surface area (Å²) in [7, 11) is 0. The van der Waals surface area contributed by atoms with Gasteiger partial charge in [-0.05, 0) is 19.9 Å². The zero-order valence-electron chi connectivity index (χ0n) is 5.46. The summed E-state index contributed by atoms with van der Waals surface area (Å²) in [6.07, 6.45) is 2.52. The van der Waals surface area contributed by atoms with E-state index in [0.29, 0.717) is 0 Å². The average molecular weight is 124 g/mol. The molecule has 1 heterocycles. The first-order valence-electron chi connectivity index (χ1n) is 2.75. The molecule has 48 valence electrons. The summed E-state index contributed by atoms with van der Waals surface area (Å²) in [6.45, 7) is 3.54. The normalized spacial score (nSPS) is 32.4. The second kappa shape index (κ2) is 1.76. The van der Waals surface area contributed by atoms with Crippen LogP contribution in [0.1, 0.15) is 13.8 Å². The summed E-state index contributed by atoms with van der Waals surface area (Å²) in [5.41, 5.74) is 0.133. The minimum absolute atomic E-state index is 0.677. The van der Waals surface area contributed by atoms with Crippen molar-refractivity contribution in [3.8, 4) is 0 Å². The van der Waals surface area contributed by atoms with E-state index in [4.69, 9.17) is 0 Å². The van der Waals surface area contributed by atoms with E-state index >= 15 is 0 Å². The van der Waals surface area contributed by atoms with Crippen molar-refractivity contribution >= 4 is 6.29 Å². The molecule has 0 bridgehead atoms. The monoisotopic (exact) mass is 124 g/mol. The van der Waals surface area contributed by atoms with Crippen molar-refractivity contribution in [2.45, 2.75) is 19.4 Å². The van der Waals surface area contributed by atoms with Gasteiger partial charge < -0.3 is 4.79 Å². The van der Waals surface area contributed by atoms with Gasteiger partial charge in [0.2, 0.25) is 0 Å². The minimum atomic E-state index is -0.677. The Morgan fingerprint density at radius 1 is 1.78 bits per heavy atom. The summed E-state index contributed by atoms with van der Waals surface area (Å²) in [4.78, 5) is 10.3. The first kappa shape index (κ1) is 6.13. The third kappa shape index (κ3) is 1.04. The maximum atomic E-state index is 10.3. The van der Waals surface area contributed by atoms with Crippen molar-refractivity contribution in [1.29, 1.82) is 0 Å². The molecule has 0 N–H and O–H groups in total. The van der Waals surface area contributed by atoms with Crippen LogP contribution in [0, 0.1) is 0 Å². The molecule has 1 unspecified atom stereocenters. The molecular weight excluding hydrogens is 116 g/mol. The number of allylic oxidation sites excluding steroid dienone is 1. The highest BCUT2D eigenvalue weighted by Crippen LogP contribution is 2.20. The number of aldehydes is 1. The van der Waals surface area contributed by atoms with E-state index in [1.165, 1.54) is 0 Å². The molecule has 1 aliphatic rings. The van der Waals surface area contributed by atoms with Gasteiger partial charge in [-0.2, -0.15) is 10.2 Å². The van der Waals surface area contributed by atoms with Crippen molar-refractivity contribution in [2.24, 2.45) is 10.2 Å². The standard InChI is InChI=1S/C6H8N2O/c1-5-3-6(2,4-9)8-7-5/h3-4H,1-2H3. The molecule has 0 aromatic carbocycles. The van der Waals surface area contributed by atoms with Gasteiger partial charge in [0.1, 0.15) is 0 Å². The van der Waals surface area contributed by atoms with Crippen LogP contribution in [0.5, 0.6) is 0 Å². The Balaban J connectivity index is 2.90. The minimum Gasteiger partial charge on any atom is -0.300 e. The summed E-state index contributed by atoms with van der Waals surface area (Å²) >= 11 is 0. The Morgan fingerprint density at radius 2 is 2.44 bits per heavy atom. The second-order valence-corrected chi connectivity index (χ2v) is 2.33. The van der Waals surface area contributed by atoms with Gasteiger partial charge in [0.25, 0.3) is 0 Å². The molecular formula is C6H8N2O. The highest BCUT2D eigenvalue weighted by Gasteiger charge is 2.23. The van der Waals surface area contributed by atoms with E-state index in [-0.39, 0.29) is 0 Å². The van der Waals surface area contributed by atoms with Crippen LogP contribution in [0.25, 0.3) is 0 Å². The number of carbonyl (C=O) groups is 1. The van der Waals surface area contributed by atoms with Gasteiger partial charge in [-0.25, -0.2) is 0 Å². The molecule has 0 aromatic rings. The van der Waals surface area contributed by atoms with E-state index < -0.39 is 5.54 Å². The number of carbonyl (C=O) groups excluding carboxylic acids is 1. The summed E-state index contributed by atoms with van der Waals surface area (Å²) in [6, 6.07) is 0. The summed E-state index contributed by atoms with van der Waals surface area (Å²) in [5.74, 6) is 0. The van der Waals surface area contributed by atoms with Crippen molar-refractivity contribution in [1.82, 2.24) is 0 Å². The lowest BCUT2D eigenvalue weighted by Gasteiger charge is -2.02. The Bertz CT molecular complexity index is 195. The third-order valence-corrected chi connectivity index (χ3v) is 1.16. The number of hydrogen-bond acceptors (Lipinski definition) is 3. The zero-order chi connectivity index (χ0) is 6.91. The van der Waals surface area contributed by atoms with Gasteiger partial charge in [0.05, 0.1) is 5.70 Å². The van der Waals surface area contributed by atoms with Crippen molar-refractivity contribution < 1.29 is 4.79 Å². The number of rotatable bonds is 1. The van der Waals surface area contributed by atoms with E-state index in [1.807, 2.05) is 6.92 Å². The highest BCUT2D eigenvalue weighted by molar-refractivity contribution is 5.68. The second-order valence-electron chi connectivity index (χ2n) is 2.33. The molecule has 1 atom stereocenters.